The molecule has 1 N–H and O–H groups in total. The van der Waals surface area contributed by atoms with Gasteiger partial charge in [-0.3, -0.25) is 24.2 Å². The van der Waals surface area contributed by atoms with Gasteiger partial charge in [0.25, 0.3) is 5.91 Å². The standard InChI is InChI=1S/C20H27N3O5/c1-2-17(24)15-4-5-18-16(12-15)23(20(26)14-28-18)13-19(25)21-6-3-7-22-8-10-27-11-9-22/h4-5,12H,2-3,6-11,13-14H2,1H3,(H,21,25). The molecule has 0 unspecified atom stereocenters. The van der Waals surface area contributed by atoms with E-state index in [1.807, 2.05) is 0 Å². The summed E-state index contributed by atoms with van der Waals surface area (Å²) in [5.74, 6) is -0.0341. The number of amides is 2. The van der Waals surface area contributed by atoms with Crippen LogP contribution in [0.15, 0.2) is 18.2 Å². The van der Waals surface area contributed by atoms with Crippen molar-refractivity contribution in [3.63, 3.8) is 0 Å². The average molecular weight is 389 g/mol. The first-order valence-corrected chi connectivity index (χ1v) is 9.75. The van der Waals surface area contributed by atoms with Gasteiger partial charge in [-0.2, -0.15) is 0 Å². The summed E-state index contributed by atoms with van der Waals surface area (Å²) in [4.78, 5) is 40.3. The molecule has 0 spiro atoms. The van der Waals surface area contributed by atoms with Gasteiger partial charge in [0.1, 0.15) is 12.3 Å². The fraction of sp³-hybridized carbons (Fsp3) is 0.550. The van der Waals surface area contributed by atoms with Crippen molar-refractivity contribution in [3.8, 4) is 5.75 Å². The van der Waals surface area contributed by atoms with Crippen molar-refractivity contribution in [2.24, 2.45) is 0 Å². The number of morpholine rings is 1. The van der Waals surface area contributed by atoms with Crippen molar-refractivity contribution in [2.45, 2.75) is 19.8 Å². The Balaban J connectivity index is 1.55. The second-order valence-electron chi connectivity index (χ2n) is 6.89. The van der Waals surface area contributed by atoms with E-state index in [1.165, 1.54) is 4.90 Å². The van der Waals surface area contributed by atoms with Crippen molar-refractivity contribution in [2.75, 3.05) is 57.4 Å². The van der Waals surface area contributed by atoms with E-state index >= 15 is 0 Å². The monoisotopic (exact) mass is 389 g/mol. The summed E-state index contributed by atoms with van der Waals surface area (Å²) in [7, 11) is 0. The fourth-order valence-electron chi connectivity index (χ4n) is 3.31. The molecule has 28 heavy (non-hydrogen) atoms. The number of Topliss-reactive ketones (excluding diaryl/α,β-unsaturated/α-hetero) is 1. The number of carbonyl (C=O) groups excluding carboxylic acids is 3. The van der Waals surface area contributed by atoms with Gasteiger partial charge in [0.2, 0.25) is 5.91 Å². The smallest absolute Gasteiger partial charge is 0.265 e. The lowest BCUT2D eigenvalue weighted by molar-refractivity contribution is -0.125. The Bertz CT molecular complexity index is 731. The molecule has 2 aliphatic rings. The van der Waals surface area contributed by atoms with Gasteiger partial charge in [0, 0.05) is 31.6 Å². The number of nitrogens with one attached hydrogen (secondary N) is 1. The molecule has 0 atom stereocenters. The van der Waals surface area contributed by atoms with Gasteiger partial charge >= 0.3 is 0 Å². The summed E-state index contributed by atoms with van der Waals surface area (Å²) >= 11 is 0. The van der Waals surface area contributed by atoms with E-state index in [1.54, 1.807) is 25.1 Å². The number of rotatable bonds is 8. The van der Waals surface area contributed by atoms with Crippen molar-refractivity contribution >= 4 is 23.3 Å². The Labute approximate surface area is 164 Å². The normalized spacial score (nSPS) is 17.0. The molecular weight excluding hydrogens is 362 g/mol. The summed E-state index contributed by atoms with van der Waals surface area (Å²) in [6.45, 7) is 6.40. The van der Waals surface area contributed by atoms with Crippen LogP contribution in [0.4, 0.5) is 5.69 Å². The molecule has 8 nitrogen and oxygen atoms in total. The quantitative estimate of drug-likeness (QED) is 0.524. The van der Waals surface area contributed by atoms with Crippen LogP contribution in [0.2, 0.25) is 0 Å². The molecule has 8 heteroatoms. The van der Waals surface area contributed by atoms with Crippen LogP contribution in [0.5, 0.6) is 5.75 Å². The highest BCUT2D eigenvalue weighted by Crippen LogP contribution is 2.33. The molecule has 152 valence electrons. The number of nitrogens with zero attached hydrogens (tertiary/aromatic N) is 2. The van der Waals surface area contributed by atoms with Crippen LogP contribution in [0.25, 0.3) is 0 Å². The molecule has 0 bridgehead atoms. The summed E-state index contributed by atoms with van der Waals surface area (Å²) < 4.78 is 10.7. The topological polar surface area (TPSA) is 88.2 Å². The van der Waals surface area contributed by atoms with Crippen LogP contribution in [0.3, 0.4) is 0 Å². The lowest BCUT2D eigenvalue weighted by atomic mass is 10.1. The van der Waals surface area contributed by atoms with Crippen LogP contribution in [-0.4, -0.2) is 75.0 Å². The Kier molecular flexibility index (Phi) is 7.00. The second-order valence-corrected chi connectivity index (χ2v) is 6.89. The molecule has 1 saturated heterocycles. The number of carbonyl (C=O) groups is 3. The number of hydrogen-bond donors (Lipinski definition) is 1. The minimum Gasteiger partial charge on any atom is -0.482 e. The number of anilines is 1. The molecule has 3 rings (SSSR count). The molecule has 2 heterocycles. The summed E-state index contributed by atoms with van der Waals surface area (Å²) in [6, 6.07) is 4.99. The van der Waals surface area contributed by atoms with Crippen LogP contribution in [0.1, 0.15) is 30.1 Å². The Morgan fingerprint density at radius 3 is 2.75 bits per heavy atom. The maximum absolute atomic E-state index is 12.3. The third-order valence-corrected chi connectivity index (χ3v) is 4.92. The lowest BCUT2D eigenvalue weighted by Crippen LogP contribution is -2.45. The Morgan fingerprint density at radius 1 is 1.21 bits per heavy atom. The third kappa shape index (κ3) is 5.08. The van der Waals surface area contributed by atoms with Gasteiger partial charge in [0.15, 0.2) is 12.4 Å². The number of hydrogen-bond acceptors (Lipinski definition) is 6. The maximum Gasteiger partial charge on any atom is 0.265 e. The molecule has 0 radical (unpaired) electrons. The molecule has 1 aromatic rings. The average Bonchev–Trinajstić information content (AvgIpc) is 2.73. The van der Waals surface area contributed by atoms with E-state index in [0.29, 0.717) is 30.0 Å². The summed E-state index contributed by atoms with van der Waals surface area (Å²) in [5.41, 5.74) is 0.981. The minimum atomic E-state index is -0.294. The van der Waals surface area contributed by atoms with Gasteiger partial charge in [-0.15, -0.1) is 0 Å². The second kappa shape index (κ2) is 9.66. The van der Waals surface area contributed by atoms with Crippen molar-refractivity contribution in [1.82, 2.24) is 10.2 Å². The van der Waals surface area contributed by atoms with E-state index in [2.05, 4.69) is 10.2 Å². The van der Waals surface area contributed by atoms with Gasteiger partial charge < -0.3 is 14.8 Å². The van der Waals surface area contributed by atoms with Gasteiger partial charge in [-0.05, 0) is 31.2 Å². The molecular formula is C20H27N3O5. The first kappa shape index (κ1) is 20.3. The zero-order chi connectivity index (χ0) is 19.9. The van der Waals surface area contributed by atoms with Crippen molar-refractivity contribution in [3.05, 3.63) is 23.8 Å². The SMILES string of the molecule is CCC(=O)c1ccc2c(c1)N(CC(=O)NCCCN1CCOCC1)C(=O)CO2. The van der Waals surface area contributed by atoms with E-state index < -0.39 is 0 Å². The molecule has 0 saturated carbocycles. The number of ketones is 1. The maximum atomic E-state index is 12.3. The predicted octanol–water partition coefficient (Wildman–Crippen LogP) is 0.843. The van der Waals surface area contributed by atoms with Crippen molar-refractivity contribution < 1.29 is 23.9 Å². The van der Waals surface area contributed by atoms with Gasteiger partial charge in [-0.1, -0.05) is 6.92 Å². The molecule has 2 amide bonds. The van der Waals surface area contributed by atoms with E-state index in [9.17, 15) is 14.4 Å². The van der Waals surface area contributed by atoms with Crippen molar-refractivity contribution in [1.29, 1.82) is 0 Å². The van der Waals surface area contributed by atoms with E-state index in [0.717, 1.165) is 39.3 Å². The van der Waals surface area contributed by atoms with E-state index in [4.69, 9.17) is 9.47 Å². The Morgan fingerprint density at radius 2 is 2.00 bits per heavy atom. The first-order valence-electron chi connectivity index (χ1n) is 9.75. The van der Waals surface area contributed by atoms with Gasteiger partial charge in [0.05, 0.1) is 18.9 Å². The lowest BCUT2D eigenvalue weighted by Gasteiger charge is -2.29. The summed E-state index contributed by atoms with van der Waals surface area (Å²) in [6.07, 6.45) is 1.21. The Hall–Kier alpha value is -2.45. The van der Waals surface area contributed by atoms with Crippen LogP contribution in [-0.2, 0) is 14.3 Å². The number of fused-ring (bicyclic) bond motifs is 1. The summed E-state index contributed by atoms with van der Waals surface area (Å²) in [5, 5.41) is 2.87. The first-order chi connectivity index (χ1) is 13.6. The zero-order valence-corrected chi connectivity index (χ0v) is 16.2. The van der Waals surface area contributed by atoms with Crippen LogP contribution in [0, 0.1) is 0 Å². The fourth-order valence-corrected chi connectivity index (χ4v) is 3.31. The highest BCUT2D eigenvalue weighted by Gasteiger charge is 2.28. The molecule has 1 aromatic carbocycles. The third-order valence-electron chi connectivity index (χ3n) is 4.92. The van der Waals surface area contributed by atoms with Crippen LogP contribution >= 0.6 is 0 Å². The zero-order valence-electron chi connectivity index (χ0n) is 16.2. The van der Waals surface area contributed by atoms with Crippen LogP contribution < -0.4 is 15.0 Å². The van der Waals surface area contributed by atoms with Gasteiger partial charge in [-0.25, -0.2) is 0 Å². The highest BCUT2D eigenvalue weighted by molar-refractivity contribution is 6.04. The predicted molar refractivity (Wildman–Crippen MR) is 104 cm³/mol. The minimum absolute atomic E-state index is 0.0201. The molecule has 0 aromatic heterocycles. The molecule has 2 aliphatic heterocycles. The molecule has 1 fully saturated rings. The highest BCUT2D eigenvalue weighted by atomic mass is 16.5. The molecule has 0 aliphatic carbocycles. The number of ether oxygens (including phenoxy) is 2. The number of benzene rings is 1. The van der Waals surface area contributed by atoms with E-state index in [-0.39, 0.29) is 30.7 Å². The largest absolute Gasteiger partial charge is 0.482 e.